The van der Waals surface area contributed by atoms with Gasteiger partial charge in [0.05, 0.1) is 5.92 Å². The molecule has 2 amide bonds. The number of hydrogen-bond acceptors (Lipinski definition) is 4. The molecule has 2 aliphatic rings. The first-order valence-corrected chi connectivity index (χ1v) is 8.94. The van der Waals surface area contributed by atoms with Gasteiger partial charge in [0.15, 0.2) is 0 Å². The molecule has 2 heterocycles. The summed E-state index contributed by atoms with van der Waals surface area (Å²) < 4.78 is 0. The van der Waals surface area contributed by atoms with Gasteiger partial charge in [0.2, 0.25) is 11.8 Å². The van der Waals surface area contributed by atoms with Crippen molar-refractivity contribution >= 4 is 17.5 Å². The van der Waals surface area contributed by atoms with Crippen molar-refractivity contribution in [3.8, 4) is 0 Å². The summed E-state index contributed by atoms with van der Waals surface area (Å²) in [7, 11) is 0. The van der Waals surface area contributed by atoms with Crippen molar-refractivity contribution in [2.45, 2.75) is 44.6 Å². The Bertz CT molecular complexity index is 551. The summed E-state index contributed by atoms with van der Waals surface area (Å²) >= 11 is 0. The van der Waals surface area contributed by atoms with Crippen molar-refractivity contribution < 1.29 is 9.59 Å². The third-order valence-electron chi connectivity index (χ3n) is 4.99. The van der Waals surface area contributed by atoms with Crippen molar-refractivity contribution in [1.82, 2.24) is 15.2 Å². The summed E-state index contributed by atoms with van der Waals surface area (Å²) in [6, 6.07) is 4.17. The van der Waals surface area contributed by atoms with Crippen LogP contribution in [0.15, 0.2) is 24.5 Å². The molecule has 6 nitrogen and oxygen atoms in total. The average Bonchev–Trinajstić information content (AvgIpc) is 2.55. The van der Waals surface area contributed by atoms with Gasteiger partial charge in [0.25, 0.3) is 0 Å². The van der Waals surface area contributed by atoms with E-state index in [1.807, 2.05) is 0 Å². The lowest BCUT2D eigenvalue weighted by atomic mass is 9.88. The van der Waals surface area contributed by atoms with Crippen LogP contribution in [0.5, 0.6) is 0 Å². The zero-order chi connectivity index (χ0) is 16.8. The summed E-state index contributed by atoms with van der Waals surface area (Å²) in [6.45, 7) is 2.13. The number of nitrogens with one attached hydrogen (secondary N) is 2. The van der Waals surface area contributed by atoms with E-state index in [-0.39, 0.29) is 24.2 Å². The molecule has 24 heavy (non-hydrogen) atoms. The number of likely N-dealkylation sites (tertiary alicyclic amines) is 1. The Morgan fingerprint density at radius 3 is 2.54 bits per heavy atom. The van der Waals surface area contributed by atoms with E-state index in [9.17, 15) is 9.59 Å². The second kappa shape index (κ2) is 8.24. The zero-order valence-electron chi connectivity index (χ0n) is 14.0. The molecule has 2 fully saturated rings. The summed E-state index contributed by atoms with van der Waals surface area (Å²) in [5.41, 5.74) is 0.725. The molecule has 1 aromatic rings. The predicted octanol–water partition coefficient (Wildman–Crippen LogP) is 1.79. The maximum Gasteiger partial charge on any atom is 0.226 e. The van der Waals surface area contributed by atoms with Crippen LogP contribution < -0.4 is 10.6 Å². The first kappa shape index (κ1) is 16.9. The third kappa shape index (κ3) is 4.54. The molecule has 1 saturated carbocycles. The molecule has 1 aromatic heterocycles. The van der Waals surface area contributed by atoms with Gasteiger partial charge in [-0.1, -0.05) is 19.3 Å². The quantitative estimate of drug-likeness (QED) is 0.834. The Kier molecular flexibility index (Phi) is 5.80. The van der Waals surface area contributed by atoms with Crippen LogP contribution in [0.1, 0.15) is 38.5 Å². The van der Waals surface area contributed by atoms with Crippen LogP contribution >= 0.6 is 0 Å². The van der Waals surface area contributed by atoms with Gasteiger partial charge in [-0.15, -0.1) is 0 Å². The highest BCUT2D eigenvalue weighted by Gasteiger charge is 2.36. The van der Waals surface area contributed by atoms with Crippen LogP contribution in [0.25, 0.3) is 0 Å². The van der Waals surface area contributed by atoms with Gasteiger partial charge >= 0.3 is 0 Å². The molecule has 1 aliphatic heterocycles. The normalized spacial score (nSPS) is 19.5. The van der Waals surface area contributed by atoms with E-state index >= 15 is 0 Å². The van der Waals surface area contributed by atoms with E-state index in [1.54, 1.807) is 24.5 Å². The smallest absolute Gasteiger partial charge is 0.226 e. The van der Waals surface area contributed by atoms with Crippen LogP contribution in [0.4, 0.5) is 5.69 Å². The molecule has 2 N–H and O–H groups in total. The van der Waals surface area contributed by atoms with E-state index in [0.29, 0.717) is 12.6 Å². The number of anilines is 1. The molecule has 3 rings (SSSR count). The first-order chi connectivity index (χ1) is 11.7. The highest BCUT2D eigenvalue weighted by atomic mass is 16.2. The second-order valence-electron chi connectivity index (χ2n) is 6.77. The Morgan fingerprint density at radius 2 is 1.83 bits per heavy atom. The van der Waals surface area contributed by atoms with Crippen molar-refractivity contribution in [1.29, 1.82) is 0 Å². The lowest BCUT2D eigenvalue weighted by Gasteiger charge is -2.45. The van der Waals surface area contributed by atoms with Gasteiger partial charge in [0, 0.05) is 50.2 Å². The highest BCUT2D eigenvalue weighted by Crippen LogP contribution is 2.28. The van der Waals surface area contributed by atoms with E-state index in [0.717, 1.165) is 18.8 Å². The second-order valence-corrected chi connectivity index (χ2v) is 6.77. The average molecular weight is 330 g/mol. The van der Waals surface area contributed by atoms with Gasteiger partial charge < -0.3 is 10.6 Å². The lowest BCUT2D eigenvalue weighted by molar-refractivity contribution is -0.131. The van der Waals surface area contributed by atoms with Gasteiger partial charge in [-0.05, 0) is 25.0 Å². The maximum atomic E-state index is 12.1. The Morgan fingerprint density at radius 1 is 1.12 bits per heavy atom. The number of nitrogens with zero attached hydrogens (tertiary/aromatic N) is 2. The molecule has 6 heteroatoms. The van der Waals surface area contributed by atoms with Gasteiger partial charge in [-0.3, -0.25) is 19.5 Å². The Balaban J connectivity index is 1.30. The minimum atomic E-state index is -0.0982. The number of hydrogen-bond donors (Lipinski definition) is 2. The third-order valence-corrected chi connectivity index (χ3v) is 4.99. The molecule has 0 bridgehead atoms. The summed E-state index contributed by atoms with van der Waals surface area (Å²) in [5, 5.41) is 5.67. The highest BCUT2D eigenvalue weighted by molar-refractivity contribution is 5.91. The minimum Gasteiger partial charge on any atom is -0.355 e. The number of pyridine rings is 1. The lowest BCUT2D eigenvalue weighted by Crippen LogP contribution is -2.57. The van der Waals surface area contributed by atoms with Gasteiger partial charge in [-0.2, -0.15) is 0 Å². The molecule has 0 unspecified atom stereocenters. The summed E-state index contributed by atoms with van der Waals surface area (Å²) in [6.07, 6.45) is 10.1. The van der Waals surface area contributed by atoms with Crippen LogP contribution in [-0.2, 0) is 9.59 Å². The fourth-order valence-electron chi connectivity index (χ4n) is 3.53. The number of rotatable bonds is 6. The minimum absolute atomic E-state index is 0.0822. The summed E-state index contributed by atoms with van der Waals surface area (Å²) in [5.74, 6) is 0.0768. The van der Waals surface area contributed by atoms with Gasteiger partial charge in [-0.25, -0.2) is 0 Å². The zero-order valence-corrected chi connectivity index (χ0v) is 14.0. The standard InChI is InChI=1S/C18H26N4O2/c23-17(21-15-6-9-19-10-7-15)8-11-20-18(24)14-12-22(13-14)16-4-2-1-3-5-16/h6-7,9-10,14,16H,1-5,8,11-13H2,(H,20,24)(H,19,21,23). The molecule has 0 atom stereocenters. The van der Waals surface area contributed by atoms with Crippen molar-refractivity contribution in [2.75, 3.05) is 25.0 Å². The van der Waals surface area contributed by atoms with E-state index in [1.165, 1.54) is 32.1 Å². The molecule has 0 radical (unpaired) electrons. The predicted molar refractivity (Wildman–Crippen MR) is 92.4 cm³/mol. The number of aromatic nitrogens is 1. The largest absolute Gasteiger partial charge is 0.355 e. The van der Waals surface area contributed by atoms with Gasteiger partial charge in [0.1, 0.15) is 0 Å². The fourth-order valence-corrected chi connectivity index (χ4v) is 3.53. The van der Waals surface area contributed by atoms with E-state index in [4.69, 9.17) is 0 Å². The molecular formula is C18H26N4O2. The molecule has 1 aliphatic carbocycles. The maximum absolute atomic E-state index is 12.1. The molecule has 0 aromatic carbocycles. The van der Waals surface area contributed by atoms with E-state index in [2.05, 4.69) is 20.5 Å². The SMILES string of the molecule is O=C(CCNC(=O)C1CN(C2CCCCC2)C1)Nc1ccncc1. The molecule has 130 valence electrons. The Hall–Kier alpha value is -1.95. The number of carbonyl (C=O) groups excluding carboxylic acids is 2. The van der Waals surface area contributed by atoms with E-state index < -0.39 is 0 Å². The first-order valence-electron chi connectivity index (χ1n) is 8.94. The Labute approximate surface area is 143 Å². The van der Waals surface area contributed by atoms with Crippen LogP contribution in [0, 0.1) is 5.92 Å². The van der Waals surface area contributed by atoms with Crippen LogP contribution in [-0.4, -0.2) is 47.4 Å². The topological polar surface area (TPSA) is 74.3 Å². The number of amides is 2. The fraction of sp³-hybridized carbons (Fsp3) is 0.611. The van der Waals surface area contributed by atoms with Crippen molar-refractivity contribution in [3.05, 3.63) is 24.5 Å². The van der Waals surface area contributed by atoms with Crippen LogP contribution in [0.3, 0.4) is 0 Å². The van der Waals surface area contributed by atoms with Crippen molar-refractivity contribution in [2.24, 2.45) is 5.92 Å². The summed E-state index contributed by atoms with van der Waals surface area (Å²) in [4.78, 5) is 30.3. The molecular weight excluding hydrogens is 304 g/mol. The van der Waals surface area contributed by atoms with Crippen molar-refractivity contribution in [3.63, 3.8) is 0 Å². The monoisotopic (exact) mass is 330 g/mol. The molecule has 1 saturated heterocycles. The molecule has 0 spiro atoms. The number of carbonyl (C=O) groups is 2. The van der Waals surface area contributed by atoms with Crippen LogP contribution in [0.2, 0.25) is 0 Å².